The second kappa shape index (κ2) is 5.78. The van der Waals surface area contributed by atoms with Gasteiger partial charge in [0.15, 0.2) is 0 Å². The second-order valence-corrected chi connectivity index (χ2v) is 5.84. The Hall–Kier alpha value is -1.79. The third kappa shape index (κ3) is 2.89. The lowest BCUT2D eigenvalue weighted by Crippen LogP contribution is -2.50. The number of carbonyl (C=O) groups is 1. The molecule has 1 aromatic heterocycles. The lowest BCUT2D eigenvalue weighted by Gasteiger charge is -2.39. The van der Waals surface area contributed by atoms with E-state index in [0.717, 1.165) is 32.0 Å². The molecule has 2 aliphatic heterocycles. The van der Waals surface area contributed by atoms with E-state index in [4.69, 9.17) is 0 Å². The molecule has 3 heterocycles. The number of hydrogen-bond donors (Lipinski definition) is 0. The van der Waals surface area contributed by atoms with Crippen LogP contribution in [0.15, 0.2) is 18.3 Å². The van der Waals surface area contributed by atoms with Crippen molar-refractivity contribution in [3.8, 4) is 0 Å². The number of rotatable bonds is 2. The maximum Gasteiger partial charge on any atom is 0.419 e. The molecule has 1 amide bonds. The number of carbonyl (C=O) groups excluding carboxylic acids is 1. The molecule has 1 unspecified atom stereocenters. The molecule has 4 nitrogen and oxygen atoms in total. The van der Waals surface area contributed by atoms with E-state index in [1.165, 1.54) is 12.3 Å². The molecular weight excluding hydrogens is 295 g/mol. The second-order valence-electron chi connectivity index (χ2n) is 5.84. The summed E-state index contributed by atoms with van der Waals surface area (Å²) in [5.41, 5.74) is -0.730. The Bertz CT molecular complexity index is 557. The third-order valence-corrected chi connectivity index (χ3v) is 4.33. The molecule has 2 fully saturated rings. The largest absolute Gasteiger partial charge is 0.419 e. The van der Waals surface area contributed by atoms with Crippen LogP contribution in [0.4, 0.5) is 19.0 Å². The van der Waals surface area contributed by atoms with Gasteiger partial charge in [0.05, 0.1) is 11.5 Å². The standard InChI is InChI=1S/C15H18F3N3O/c16-15(17,18)12-5-1-6-19-13(12)21-7-2-4-11(10-21)14(22)20-8-3-9-20/h1,5-6,11H,2-4,7-10H2. The Labute approximate surface area is 126 Å². The molecule has 1 aromatic rings. The van der Waals surface area contributed by atoms with E-state index < -0.39 is 11.7 Å². The molecule has 3 rings (SSSR count). The fourth-order valence-corrected chi connectivity index (χ4v) is 3.04. The van der Waals surface area contributed by atoms with Crippen molar-refractivity contribution in [2.75, 3.05) is 31.1 Å². The number of alkyl halides is 3. The molecule has 0 radical (unpaired) electrons. The summed E-state index contributed by atoms with van der Waals surface area (Å²) in [5.74, 6) is -0.214. The zero-order chi connectivity index (χ0) is 15.7. The van der Waals surface area contributed by atoms with Crippen LogP contribution in [0.25, 0.3) is 0 Å². The number of amides is 1. The fourth-order valence-electron chi connectivity index (χ4n) is 3.04. The van der Waals surface area contributed by atoms with Crippen molar-refractivity contribution in [3.05, 3.63) is 23.9 Å². The molecule has 2 aliphatic rings. The van der Waals surface area contributed by atoms with Crippen molar-refractivity contribution >= 4 is 11.7 Å². The molecule has 2 saturated heterocycles. The number of likely N-dealkylation sites (tertiary alicyclic amines) is 1. The molecule has 22 heavy (non-hydrogen) atoms. The van der Waals surface area contributed by atoms with Crippen LogP contribution in [0.3, 0.4) is 0 Å². The lowest BCUT2D eigenvalue weighted by atomic mass is 9.95. The highest BCUT2D eigenvalue weighted by atomic mass is 19.4. The summed E-state index contributed by atoms with van der Waals surface area (Å²) < 4.78 is 39.3. The Morgan fingerprint density at radius 3 is 2.64 bits per heavy atom. The third-order valence-electron chi connectivity index (χ3n) is 4.33. The molecule has 7 heteroatoms. The highest BCUT2D eigenvalue weighted by Gasteiger charge is 2.38. The molecular formula is C15H18F3N3O. The summed E-state index contributed by atoms with van der Waals surface area (Å²) in [6, 6.07) is 2.34. The maximum atomic E-state index is 13.1. The smallest absolute Gasteiger partial charge is 0.355 e. The van der Waals surface area contributed by atoms with Crippen LogP contribution in [-0.2, 0) is 11.0 Å². The van der Waals surface area contributed by atoms with E-state index in [1.54, 1.807) is 9.80 Å². The normalized spacial score (nSPS) is 22.4. The lowest BCUT2D eigenvalue weighted by molar-refractivity contribution is -0.139. The Kier molecular flexibility index (Phi) is 3.97. The Morgan fingerprint density at radius 1 is 1.23 bits per heavy atom. The highest BCUT2D eigenvalue weighted by molar-refractivity contribution is 5.80. The van der Waals surface area contributed by atoms with E-state index in [-0.39, 0.29) is 17.6 Å². The van der Waals surface area contributed by atoms with Crippen LogP contribution in [0, 0.1) is 5.92 Å². The summed E-state index contributed by atoms with van der Waals surface area (Å²) in [5, 5.41) is 0. The molecule has 0 spiro atoms. The van der Waals surface area contributed by atoms with E-state index in [0.29, 0.717) is 19.5 Å². The van der Waals surface area contributed by atoms with Crippen molar-refractivity contribution in [1.82, 2.24) is 9.88 Å². The summed E-state index contributed by atoms with van der Waals surface area (Å²) in [7, 11) is 0. The number of halogens is 3. The summed E-state index contributed by atoms with van der Waals surface area (Å²) >= 11 is 0. The van der Waals surface area contributed by atoms with Crippen LogP contribution < -0.4 is 4.90 Å². The van der Waals surface area contributed by atoms with Crippen molar-refractivity contribution in [2.45, 2.75) is 25.4 Å². The minimum Gasteiger partial charge on any atom is -0.355 e. The molecule has 0 N–H and O–H groups in total. The van der Waals surface area contributed by atoms with E-state index >= 15 is 0 Å². The number of nitrogens with zero attached hydrogens (tertiary/aromatic N) is 3. The zero-order valence-corrected chi connectivity index (χ0v) is 12.1. The van der Waals surface area contributed by atoms with Crippen molar-refractivity contribution < 1.29 is 18.0 Å². The van der Waals surface area contributed by atoms with E-state index in [2.05, 4.69) is 4.98 Å². The van der Waals surface area contributed by atoms with Gasteiger partial charge in [0.2, 0.25) is 5.91 Å². The number of hydrogen-bond acceptors (Lipinski definition) is 3. The molecule has 1 atom stereocenters. The van der Waals surface area contributed by atoms with E-state index in [9.17, 15) is 18.0 Å². The zero-order valence-electron chi connectivity index (χ0n) is 12.1. The van der Waals surface area contributed by atoms with Gasteiger partial charge in [-0.15, -0.1) is 0 Å². The van der Waals surface area contributed by atoms with Gasteiger partial charge in [-0.3, -0.25) is 4.79 Å². The van der Waals surface area contributed by atoms with Gasteiger partial charge in [0.1, 0.15) is 5.82 Å². The molecule has 0 bridgehead atoms. The van der Waals surface area contributed by atoms with Gasteiger partial charge in [-0.1, -0.05) is 0 Å². The van der Waals surface area contributed by atoms with Crippen molar-refractivity contribution in [1.29, 1.82) is 0 Å². The van der Waals surface area contributed by atoms with E-state index in [1.807, 2.05) is 0 Å². The van der Waals surface area contributed by atoms with Gasteiger partial charge in [-0.2, -0.15) is 13.2 Å². The Morgan fingerprint density at radius 2 is 2.00 bits per heavy atom. The topological polar surface area (TPSA) is 36.4 Å². The first-order valence-electron chi connectivity index (χ1n) is 7.53. The summed E-state index contributed by atoms with van der Waals surface area (Å²) in [6.07, 6.45) is -0.609. The predicted octanol–water partition coefficient (Wildman–Crippen LogP) is 2.55. The molecule has 120 valence electrons. The predicted molar refractivity (Wildman–Crippen MR) is 75.4 cm³/mol. The summed E-state index contributed by atoms with van der Waals surface area (Å²) in [6.45, 7) is 2.36. The average Bonchev–Trinajstić information content (AvgIpc) is 2.45. The number of pyridine rings is 1. The van der Waals surface area contributed by atoms with Gasteiger partial charge in [-0.05, 0) is 31.4 Å². The maximum absolute atomic E-state index is 13.1. The van der Waals surface area contributed by atoms with Gasteiger partial charge in [0, 0.05) is 32.4 Å². The summed E-state index contributed by atoms with van der Waals surface area (Å²) in [4.78, 5) is 19.6. The average molecular weight is 313 g/mol. The fraction of sp³-hybridized carbons (Fsp3) is 0.600. The molecule has 0 aromatic carbocycles. The number of piperidine rings is 1. The minimum absolute atomic E-state index is 0.0592. The van der Waals surface area contributed by atoms with Crippen molar-refractivity contribution in [2.24, 2.45) is 5.92 Å². The van der Waals surface area contributed by atoms with Gasteiger partial charge in [0.25, 0.3) is 0 Å². The molecule has 0 aliphatic carbocycles. The van der Waals surface area contributed by atoms with Crippen LogP contribution in [0.2, 0.25) is 0 Å². The number of aromatic nitrogens is 1. The highest BCUT2D eigenvalue weighted by Crippen LogP contribution is 2.36. The molecule has 0 saturated carbocycles. The Balaban J connectivity index is 1.79. The van der Waals surface area contributed by atoms with Crippen LogP contribution in [0.1, 0.15) is 24.8 Å². The monoisotopic (exact) mass is 313 g/mol. The van der Waals surface area contributed by atoms with Crippen molar-refractivity contribution in [3.63, 3.8) is 0 Å². The van der Waals surface area contributed by atoms with Gasteiger partial charge in [-0.25, -0.2) is 4.98 Å². The van der Waals surface area contributed by atoms with Crippen LogP contribution in [-0.4, -0.2) is 42.0 Å². The first-order valence-corrected chi connectivity index (χ1v) is 7.53. The van der Waals surface area contributed by atoms with Crippen LogP contribution in [0.5, 0.6) is 0 Å². The van der Waals surface area contributed by atoms with Gasteiger partial charge >= 0.3 is 6.18 Å². The quantitative estimate of drug-likeness (QED) is 0.842. The number of anilines is 1. The van der Waals surface area contributed by atoms with Gasteiger partial charge < -0.3 is 9.80 Å². The first kappa shape index (κ1) is 15.1. The van der Waals surface area contributed by atoms with Crippen LogP contribution >= 0.6 is 0 Å². The minimum atomic E-state index is -4.43. The SMILES string of the molecule is O=C(C1CCCN(c2ncccc2C(F)(F)F)C1)N1CCC1. The first-order chi connectivity index (χ1) is 10.5.